The van der Waals surface area contributed by atoms with Crippen molar-refractivity contribution in [2.24, 2.45) is 10.9 Å². The van der Waals surface area contributed by atoms with Crippen LogP contribution in [0.2, 0.25) is 0 Å². The van der Waals surface area contributed by atoms with E-state index in [1.54, 1.807) is 6.07 Å². The van der Waals surface area contributed by atoms with Gasteiger partial charge in [-0.15, -0.1) is 0 Å². The molecule has 2 heterocycles. The van der Waals surface area contributed by atoms with Gasteiger partial charge in [0.2, 0.25) is 0 Å². The van der Waals surface area contributed by atoms with Crippen molar-refractivity contribution in [1.82, 2.24) is 0 Å². The Morgan fingerprint density at radius 1 is 1.44 bits per heavy atom. The van der Waals surface area contributed by atoms with Gasteiger partial charge in [-0.05, 0) is 34.1 Å². The van der Waals surface area contributed by atoms with Crippen LogP contribution in [-0.4, -0.2) is 17.0 Å². The molecule has 1 atom stereocenters. The third-order valence-corrected chi connectivity index (χ3v) is 4.57. The number of hydrogen-bond acceptors (Lipinski definition) is 3. The zero-order chi connectivity index (χ0) is 12.9. The molecule has 2 aliphatic heterocycles. The van der Waals surface area contributed by atoms with Crippen LogP contribution in [0.5, 0.6) is 0 Å². The van der Waals surface area contributed by atoms with Crippen molar-refractivity contribution in [1.29, 1.82) is 0 Å². The monoisotopic (exact) mass is 323 g/mol. The zero-order valence-electron chi connectivity index (χ0n) is 8.88. The van der Waals surface area contributed by atoms with E-state index in [9.17, 15) is 9.59 Å². The number of halogens is 1. The fourth-order valence-electron chi connectivity index (χ4n) is 1.97. The highest BCUT2D eigenvalue weighted by Crippen LogP contribution is 2.44. The van der Waals surface area contributed by atoms with E-state index >= 15 is 0 Å². The molecule has 0 radical (unpaired) electrons. The number of carboxylic acids is 1. The van der Waals surface area contributed by atoms with Gasteiger partial charge in [0, 0.05) is 10.1 Å². The second kappa shape index (κ2) is 4.07. The molecule has 3 rings (SSSR count). The Hall–Kier alpha value is -1.40. The van der Waals surface area contributed by atoms with E-state index in [1.165, 1.54) is 23.9 Å². The second-order valence-electron chi connectivity index (χ2n) is 3.90. The van der Waals surface area contributed by atoms with Crippen LogP contribution in [0.3, 0.4) is 0 Å². The van der Waals surface area contributed by atoms with Gasteiger partial charge in [0.1, 0.15) is 0 Å². The van der Waals surface area contributed by atoms with Gasteiger partial charge in [0.15, 0.2) is 0 Å². The van der Waals surface area contributed by atoms with Crippen molar-refractivity contribution in [3.8, 4) is 0 Å². The fourth-order valence-corrected chi connectivity index (χ4v) is 3.75. The summed E-state index contributed by atoms with van der Waals surface area (Å²) in [5.74, 6) is -1.60. The van der Waals surface area contributed by atoms with Crippen molar-refractivity contribution in [3.05, 3.63) is 44.2 Å². The molecule has 0 aromatic heterocycles. The predicted molar refractivity (Wildman–Crippen MR) is 70.7 cm³/mol. The minimum absolute atomic E-state index is 0.138. The van der Waals surface area contributed by atoms with Crippen molar-refractivity contribution in [2.75, 3.05) is 0 Å². The molecular weight excluding hydrogens is 318 g/mol. The topological polar surface area (TPSA) is 66.7 Å². The number of nitrogens with zero attached hydrogens (tertiary/aromatic N) is 1. The summed E-state index contributed by atoms with van der Waals surface area (Å²) in [4.78, 5) is 27.6. The van der Waals surface area contributed by atoms with E-state index < -0.39 is 5.97 Å². The number of aromatic carboxylic acids is 1. The first-order chi connectivity index (χ1) is 8.56. The molecule has 6 heteroatoms. The van der Waals surface area contributed by atoms with E-state index in [0.717, 1.165) is 13.9 Å². The SMILES string of the molecule is O=C(O)c1ccc2c(c1)=NC(=O)C1C=C(Br)SC=21. The summed E-state index contributed by atoms with van der Waals surface area (Å²) in [6, 6.07) is 4.68. The lowest BCUT2D eigenvalue weighted by molar-refractivity contribution is -0.119. The molecule has 0 saturated carbocycles. The molecule has 0 fully saturated rings. The fraction of sp³-hybridized carbons (Fsp3) is 0.0833. The lowest BCUT2D eigenvalue weighted by Crippen LogP contribution is -2.35. The quantitative estimate of drug-likeness (QED) is 0.844. The van der Waals surface area contributed by atoms with Crippen LogP contribution in [0.25, 0.3) is 4.91 Å². The van der Waals surface area contributed by atoms with Crippen molar-refractivity contribution in [2.45, 2.75) is 0 Å². The summed E-state index contributed by atoms with van der Waals surface area (Å²) in [7, 11) is 0. The smallest absolute Gasteiger partial charge is 0.335 e. The number of thioether (sulfide) groups is 1. The Labute approximate surface area is 114 Å². The van der Waals surface area contributed by atoms with Crippen LogP contribution in [0, 0.1) is 5.92 Å². The van der Waals surface area contributed by atoms with E-state index in [2.05, 4.69) is 20.9 Å². The van der Waals surface area contributed by atoms with Crippen LogP contribution < -0.4 is 10.6 Å². The number of amides is 1. The van der Waals surface area contributed by atoms with E-state index in [-0.39, 0.29) is 17.4 Å². The molecule has 18 heavy (non-hydrogen) atoms. The molecule has 0 aliphatic carbocycles. The van der Waals surface area contributed by atoms with Crippen LogP contribution in [0.1, 0.15) is 10.4 Å². The number of fused-ring (bicyclic) bond motifs is 2. The maximum atomic E-state index is 11.9. The Balaban J connectivity index is 2.31. The molecule has 0 bridgehead atoms. The first kappa shape index (κ1) is 11.7. The maximum absolute atomic E-state index is 11.9. The Bertz CT molecular complexity index is 738. The number of hydrogen-bond donors (Lipinski definition) is 1. The average molecular weight is 324 g/mol. The molecule has 2 aliphatic rings. The minimum Gasteiger partial charge on any atom is -0.478 e. The summed E-state index contributed by atoms with van der Waals surface area (Å²) < 4.78 is 0.890. The molecule has 1 aromatic carbocycles. The van der Waals surface area contributed by atoms with Gasteiger partial charge in [-0.25, -0.2) is 9.79 Å². The highest BCUT2D eigenvalue weighted by Gasteiger charge is 2.30. The lowest BCUT2D eigenvalue weighted by Gasteiger charge is -2.11. The Morgan fingerprint density at radius 3 is 2.94 bits per heavy atom. The second-order valence-corrected chi connectivity index (χ2v) is 6.36. The van der Waals surface area contributed by atoms with Gasteiger partial charge in [0.25, 0.3) is 5.91 Å². The predicted octanol–water partition coefficient (Wildman–Crippen LogP) is 1.25. The number of carbonyl (C=O) groups excluding carboxylic acids is 1. The molecule has 0 saturated heterocycles. The molecule has 1 N–H and O–H groups in total. The highest BCUT2D eigenvalue weighted by molar-refractivity contribution is 9.14. The van der Waals surface area contributed by atoms with Crippen LogP contribution in [0.4, 0.5) is 0 Å². The van der Waals surface area contributed by atoms with Crippen LogP contribution in [0.15, 0.2) is 33.1 Å². The van der Waals surface area contributed by atoms with Crippen molar-refractivity contribution >= 4 is 44.5 Å². The number of carboxylic acid groups (broad SMARTS) is 1. The molecule has 1 unspecified atom stereocenters. The van der Waals surface area contributed by atoms with Gasteiger partial charge in [-0.1, -0.05) is 17.8 Å². The zero-order valence-corrected chi connectivity index (χ0v) is 11.3. The largest absolute Gasteiger partial charge is 0.478 e. The van der Waals surface area contributed by atoms with E-state index in [1.807, 2.05) is 6.08 Å². The highest BCUT2D eigenvalue weighted by atomic mass is 79.9. The van der Waals surface area contributed by atoms with Crippen molar-refractivity contribution in [3.63, 3.8) is 0 Å². The summed E-state index contributed by atoms with van der Waals surface area (Å²) in [5, 5.41) is 10.2. The number of rotatable bonds is 1. The number of benzene rings is 1. The van der Waals surface area contributed by atoms with E-state index in [4.69, 9.17) is 5.11 Å². The van der Waals surface area contributed by atoms with Crippen LogP contribution >= 0.6 is 27.7 Å². The summed E-state index contributed by atoms with van der Waals surface area (Å²) in [6.07, 6.45) is 1.82. The lowest BCUT2D eigenvalue weighted by atomic mass is 10.0. The third-order valence-electron chi connectivity index (χ3n) is 2.79. The van der Waals surface area contributed by atoms with Gasteiger partial charge >= 0.3 is 5.97 Å². The molecular formula is C12H6BrNO3S. The average Bonchev–Trinajstić information content (AvgIpc) is 2.71. The Morgan fingerprint density at radius 2 is 2.22 bits per heavy atom. The van der Waals surface area contributed by atoms with Gasteiger partial charge < -0.3 is 5.11 Å². The first-order valence-corrected chi connectivity index (χ1v) is 6.72. The Kier molecular flexibility index (Phi) is 2.64. The van der Waals surface area contributed by atoms with Crippen LogP contribution in [-0.2, 0) is 4.79 Å². The summed E-state index contributed by atoms with van der Waals surface area (Å²) >= 11 is 4.84. The maximum Gasteiger partial charge on any atom is 0.335 e. The molecule has 90 valence electrons. The van der Waals surface area contributed by atoms with Gasteiger partial charge in [-0.3, -0.25) is 4.79 Å². The summed E-state index contributed by atoms with van der Waals surface area (Å²) in [6.45, 7) is 0. The van der Waals surface area contributed by atoms with Gasteiger partial charge in [-0.2, -0.15) is 0 Å². The molecule has 0 spiro atoms. The third kappa shape index (κ3) is 1.72. The van der Waals surface area contributed by atoms with Crippen molar-refractivity contribution < 1.29 is 14.7 Å². The number of carbonyl (C=O) groups is 2. The standard InChI is InChI=1S/C12H6BrNO3S/c13-9-4-7-10(18-9)6-2-1-5(12(16)17)3-8(6)14-11(7)15/h1-4,7H,(H,16,17). The first-order valence-electron chi connectivity index (χ1n) is 5.11. The molecule has 4 nitrogen and oxygen atoms in total. The van der Waals surface area contributed by atoms with Gasteiger partial charge in [0.05, 0.1) is 20.7 Å². The molecule has 1 aromatic rings. The normalized spacial score (nSPS) is 20.9. The summed E-state index contributed by atoms with van der Waals surface area (Å²) in [5.41, 5.74) is 0.138. The molecule has 1 amide bonds. The minimum atomic E-state index is -1.02. The van der Waals surface area contributed by atoms with E-state index in [0.29, 0.717) is 5.36 Å².